The maximum Gasteiger partial charge on any atom is 0.258 e. The summed E-state index contributed by atoms with van der Waals surface area (Å²) in [7, 11) is 8.83. The Kier molecular flexibility index (Phi) is 5.90. The van der Waals surface area contributed by atoms with Gasteiger partial charge in [-0.3, -0.25) is 4.79 Å². The highest BCUT2D eigenvalue weighted by molar-refractivity contribution is 5.90. The topological polar surface area (TPSA) is 52.9 Å². The zero-order valence-electron chi connectivity index (χ0n) is 17.0. The second-order valence-electron chi connectivity index (χ2n) is 6.81. The van der Waals surface area contributed by atoms with Crippen LogP contribution in [0.2, 0.25) is 0 Å². The van der Waals surface area contributed by atoms with E-state index in [1.165, 1.54) is 0 Å². The van der Waals surface area contributed by atoms with E-state index in [-0.39, 0.29) is 5.56 Å². The van der Waals surface area contributed by atoms with E-state index in [1.807, 2.05) is 56.6 Å². The Morgan fingerprint density at radius 2 is 1.57 bits per heavy atom. The fourth-order valence-electron chi connectivity index (χ4n) is 3.20. The van der Waals surface area contributed by atoms with Crippen LogP contribution in [0.15, 0.2) is 47.3 Å². The predicted octanol–water partition coefficient (Wildman–Crippen LogP) is 3.26. The number of rotatable bonds is 7. The fourth-order valence-corrected chi connectivity index (χ4v) is 3.20. The Hall–Kier alpha value is -2.99. The summed E-state index contributed by atoms with van der Waals surface area (Å²) >= 11 is 0. The largest absolute Gasteiger partial charge is 0.497 e. The van der Waals surface area contributed by atoms with Crippen LogP contribution < -0.4 is 19.8 Å². The minimum atomic E-state index is -0.0465. The number of likely N-dealkylation sites (N-methyl/N-ethyl adjacent to an activating group) is 1. The molecule has 2 aromatic carbocycles. The van der Waals surface area contributed by atoms with Crippen molar-refractivity contribution in [2.45, 2.75) is 6.54 Å². The highest BCUT2D eigenvalue weighted by Gasteiger charge is 2.16. The predicted molar refractivity (Wildman–Crippen MR) is 112 cm³/mol. The molecule has 0 saturated heterocycles. The van der Waals surface area contributed by atoms with E-state index in [2.05, 4.69) is 4.90 Å². The van der Waals surface area contributed by atoms with Gasteiger partial charge in [-0.2, -0.15) is 0 Å². The van der Waals surface area contributed by atoms with E-state index >= 15 is 0 Å². The van der Waals surface area contributed by atoms with Gasteiger partial charge < -0.3 is 23.7 Å². The molecule has 0 bridgehead atoms. The number of aromatic nitrogens is 1. The van der Waals surface area contributed by atoms with Gasteiger partial charge in [-0.25, -0.2) is 0 Å². The van der Waals surface area contributed by atoms with Gasteiger partial charge in [0, 0.05) is 36.2 Å². The first-order chi connectivity index (χ1) is 13.5. The van der Waals surface area contributed by atoms with Crippen molar-refractivity contribution in [3.05, 3.63) is 52.8 Å². The molecule has 1 aromatic heterocycles. The summed E-state index contributed by atoms with van der Waals surface area (Å²) in [6, 6.07) is 13.1. The molecule has 6 nitrogen and oxygen atoms in total. The minimum absolute atomic E-state index is 0.0465. The smallest absolute Gasteiger partial charge is 0.258 e. The van der Waals surface area contributed by atoms with Crippen LogP contribution in [0.25, 0.3) is 22.0 Å². The molecule has 0 aliphatic carbocycles. The van der Waals surface area contributed by atoms with Crippen LogP contribution in [0.5, 0.6) is 17.2 Å². The quantitative estimate of drug-likeness (QED) is 0.628. The first kappa shape index (κ1) is 19.8. The molecule has 0 fully saturated rings. The summed E-state index contributed by atoms with van der Waals surface area (Å²) in [4.78, 5) is 15.4. The van der Waals surface area contributed by atoms with Gasteiger partial charge in [0.25, 0.3) is 5.56 Å². The molecule has 0 amide bonds. The number of benzene rings is 2. The van der Waals surface area contributed by atoms with Crippen LogP contribution in [-0.4, -0.2) is 51.4 Å². The SMILES string of the molecule is COc1ccc(-c2cc3c(OC)cc(OC)cc3n(CCN(C)C)c2=O)cc1. The molecule has 148 valence electrons. The van der Waals surface area contributed by atoms with Gasteiger partial charge in [0.1, 0.15) is 17.2 Å². The first-order valence-electron chi connectivity index (χ1n) is 9.07. The molecule has 28 heavy (non-hydrogen) atoms. The Morgan fingerprint density at radius 3 is 2.14 bits per heavy atom. The van der Waals surface area contributed by atoms with E-state index in [0.29, 0.717) is 23.6 Å². The van der Waals surface area contributed by atoms with Crippen LogP contribution in [0.1, 0.15) is 0 Å². The lowest BCUT2D eigenvalue weighted by atomic mass is 10.0. The monoisotopic (exact) mass is 382 g/mol. The lowest BCUT2D eigenvalue weighted by Gasteiger charge is -2.18. The van der Waals surface area contributed by atoms with Crippen molar-refractivity contribution >= 4 is 10.9 Å². The normalized spacial score (nSPS) is 11.1. The van der Waals surface area contributed by atoms with E-state index in [1.54, 1.807) is 25.9 Å². The van der Waals surface area contributed by atoms with Crippen molar-refractivity contribution in [1.82, 2.24) is 9.47 Å². The molecule has 0 N–H and O–H groups in total. The van der Waals surface area contributed by atoms with Gasteiger partial charge in [-0.05, 0) is 37.9 Å². The van der Waals surface area contributed by atoms with Crippen LogP contribution in [0.4, 0.5) is 0 Å². The number of pyridine rings is 1. The van der Waals surface area contributed by atoms with E-state index < -0.39 is 0 Å². The molecule has 0 radical (unpaired) electrons. The molecule has 3 aromatic rings. The molecule has 1 heterocycles. The van der Waals surface area contributed by atoms with Crippen molar-refractivity contribution in [3.63, 3.8) is 0 Å². The number of hydrogen-bond donors (Lipinski definition) is 0. The fraction of sp³-hybridized carbons (Fsp3) is 0.318. The summed E-state index contributed by atoms with van der Waals surface area (Å²) in [5.41, 5.74) is 2.21. The molecular weight excluding hydrogens is 356 g/mol. The maximum atomic E-state index is 13.4. The van der Waals surface area contributed by atoms with Gasteiger partial charge >= 0.3 is 0 Å². The number of hydrogen-bond acceptors (Lipinski definition) is 5. The number of fused-ring (bicyclic) bond motifs is 1. The van der Waals surface area contributed by atoms with Crippen molar-refractivity contribution < 1.29 is 14.2 Å². The van der Waals surface area contributed by atoms with Crippen LogP contribution in [0, 0.1) is 0 Å². The maximum absolute atomic E-state index is 13.4. The molecule has 0 spiro atoms. The van der Waals surface area contributed by atoms with Crippen LogP contribution in [-0.2, 0) is 6.54 Å². The van der Waals surface area contributed by atoms with Crippen molar-refractivity contribution in [3.8, 4) is 28.4 Å². The number of ether oxygens (including phenoxy) is 3. The second kappa shape index (κ2) is 8.35. The van der Waals surface area contributed by atoms with Crippen molar-refractivity contribution in [2.75, 3.05) is 42.0 Å². The summed E-state index contributed by atoms with van der Waals surface area (Å²) in [5.74, 6) is 2.07. The van der Waals surface area contributed by atoms with Gasteiger partial charge in [0.2, 0.25) is 0 Å². The van der Waals surface area contributed by atoms with Crippen LogP contribution in [0.3, 0.4) is 0 Å². The summed E-state index contributed by atoms with van der Waals surface area (Å²) in [6.45, 7) is 1.29. The number of nitrogens with zero attached hydrogens (tertiary/aromatic N) is 2. The third kappa shape index (κ3) is 3.82. The first-order valence-corrected chi connectivity index (χ1v) is 9.07. The van der Waals surface area contributed by atoms with E-state index in [0.717, 1.165) is 28.8 Å². The third-order valence-corrected chi connectivity index (χ3v) is 4.78. The third-order valence-electron chi connectivity index (χ3n) is 4.78. The lowest BCUT2D eigenvalue weighted by molar-refractivity contribution is 0.383. The van der Waals surface area contributed by atoms with Gasteiger partial charge in [0.05, 0.1) is 26.8 Å². The van der Waals surface area contributed by atoms with Gasteiger partial charge in [-0.15, -0.1) is 0 Å². The molecule has 3 rings (SSSR count). The van der Waals surface area contributed by atoms with Crippen molar-refractivity contribution in [1.29, 1.82) is 0 Å². The zero-order valence-corrected chi connectivity index (χ0v) is 17.0. The molecular formula is C22H26N2O4. The summed E-state index contributed by atoms with van der Waals surface area (Å²) in [6.07, 6.45) is 0. The lowest BCUT2D eigenvalue weighted by Crippen LogP contribution is -2.28. The Morgan fingerprint density at radius 1 is 0.893 bits per heavy atom. The second-order valence-corrected chi connectivity index (χ2v) is 6.81. The molecule has 0 saturated carbocycles. The average Bonchev–Trinajstić information content (AvgIpc) is 2.71. The molecule has 6 heteroatoms. The molecule has 0 aliphatic rings. The van der Waals surface area contributed by atoms with Gasteiger partial charge in [0.15, 0.2) is 0 Å². The standard InChI is InChI=1S/C22H26N2O4/c1-23(2)10-11-24-20-12-17(27-4)13-21(28-5)19(20)14-18(22(24)25)15-6-8-16(26-3)9-7-15/h6-9,12-14H,10-11H2,1-5H3. The molecule has 0 unspecified atom stereocenters. The van der Waals surface area contributed by atoms with E-state index in [4.69, 9.17) is 14.2 Å². The van der Waals surface area contributed by atoms with Crippen LogP contribution >= 0.6 is 0 Å². The Balaban J connectivity index is 2.29. The summed E-state index contributed by atoms with van der Waals surface area (Å²) < 4.78 is 18.0. The Labute approximate surface area is 164 Å². The van der Waals surface area contributed by atoms with E-state index in [9.17, 15) is 4.79 Å². The number of methoxy groups -OCH3 is 3. The highest BCUT2D eigenvalue weighted by Crippen LogP contribution is 2.33. The molecule has 0 aliphatic heterocycles. The van der Waals surface area contributed by atoms with Gasteiger partial charge in [-0.1, -0.05) is 12.1 Å². The minimum Gasteiger partial charge on any atom is -0.497 e. The van der Waals surface area contributed by atoms with Crippen molar-refractivity contribution in [2.24, 2.45) is 0 Å². The summed E-state index contributed by atoms with van der Waals surface area (Å²) in [5, 5.41) is 0.868. The zero-order chi connectivity index (χ0) is 20.3. The molecule has 0 atom stereocenters. The Bertz CT molecular complexity index is 1020. The highest BCUT2D eigenvalue weighted by atomic mass is 16.5. The average molecular weight is 382 g/mol.